The minimum absolute atomic E-state index is 1.19. The quantitative estimate of drug-likeness (QED) is 0.101. The molecule has 1 aromatic rings. The summed E-state index contributed by atoms with van der Waals surface area (Å²) in [5.74, 6) is 0. The van der Waals surface area contributed by atoms with Crippen LogP contribution in [0, 0.1) is 0 Å². The molecule has 1 nitrogen and oxygen atoms in total. The summed E-state index contributed by atoms with van der Waals surface area (Å²) >= 11 is 0. The van der Waals surface area contributed by atoms with E-state index in [0.717, 1.165) is 0 Å². The Balaban J connectivity index is 1.82. The van der Waals surface area contributed by atoms with Gasteiger partial charge in [0.2, 0.25) is 0 Å². The molecule has 33 heavy (non-hydrogen) atoms. The van der Waals surface area contributed by atoms with Gasteiger partial charge in [-0.15, -0.1) is 0 Å². The van der Waals surface area contributed by atoms with Gasteiger partial charge in [-0.25, -0.2) is 4.57 Å². The molecule has 0 amide bonds. The van der Waals surface area contributed by atoms with Crippen LogP contribution in [0.3, 0.4) is 0 Å². The van der Waals surface area contributed by atoms with E-state index in [2.05, 4.69) is 42.9 Å². The fourth-order valence-electron chi connectivity index (χ4n) is 4.93. The van der Waals surface area contributed by atoms with E-state index in [-0.39, 0.29) is 0 Å². The van der Waals surface area contributed by atoms with E-state index in [4.69, 9.17) is 0 Å². The molecule has 1 heterocycles. The summed E-state index contributed by atoms with van der Waals surface area (Å²) in [6.45, 7) is 5.78. The van der Waals surface area contributed by atoms with E-state index in [0.29, 0.717) is 0 Å². The lowest BCUT2D eigenvalue weighted by Gasteiger charge is -2.04. The summed E-state index contributed by atoms with van der Waals surface area (Å²) in [5, 5.41) is 0. The zero-order valence-corrected chi connectivity index (χ0v) is 22.9. The fourth-order valence-corrected chi connectivity index (χ4v) is 4.93. The second kappa shape index (κ2) is 24.3. The molecule has 0 spiro atoms. The zero-order chi connectivity index (χ0) is 23.7. The smallest absolute Gasteiger partial charge is 0.169 e. The molecular formula is C32H60N+. The maximum Gasteiger partial charge on any atom is 0.169 e. The molecule has 1 aromatic heterocycles. The molecule has 0 atom stereocenters. The molecule has 0 aliphatic heterocycles. The molecule has 0 bridgehead atoms. The highest BCUT2D eigenvalue weighted by molar-refractivity contribution is 5.07. The van der Waals surface area contributed by atoms with Gasteiger partial charge >= 0.3 is 0 Å². The molecule has 0 radical (unpaired) electrons. The summed E-state index contributed by atoms with van der Waals surface area (Å²) < 4.78 is 2.37. The van der Waals surface area contributed by atoms with Crippen molar-refractivity contribution in [1.29, 1.82) is 0 Å². The second-order valence-corrected chi connectivity index (χ2v) is 10.6. The number of aryl methyl sites for hydroxylation is 2. The van der Waals surface area contributed by atoms with Crippen molar-refractivity contribution in [2.45, 2.75) is 174 Å². The fraction of sp³-hybridized carbons (Fsp3) is 0.844. The van der Waals surface area contributed by atoms with Gasteiger partial charge in [-0.05, 0) is 24.8 Å². The molecule has 0 aromatic carbocycles. The Labute approximate surface area is 209 Å². The molecule has 0 unspecified atom stereocenters. The lowest BCUT2D eigenvalue weighted by atomic mass is 10.0. The van der Waals surface area contributed by atoms with Crippen molar-refractivity contribution in [1.82, 2.24) is 0 Å². The van der Waals surface area contributed by atoms with Crippen LogP contribution < -0.4 is 4.57 Å². The number of hydrogen-bond donors (Lipinski definition) is 0. The Morgan fingerprint density at radius 3 is 1.15 bits per heavy atom. The molecule has 1 heteroatoms. The summed E-state index contributed by atoms with van der Waals surface area (Å²) in [6, 6.07) is 4.70. The lowest BCUT2D eigenvalue weighted by molar-refractivity contribution is -0.697. The first-order valence-corrected chi connectivity index (χ1v) is 15.3. The third kappa shape index (κ3) is 20.3. The Morgan fingerprint density at radius 1 is 0.424 bits per heavy atom. The van der Waals surface area contributed by atoms with E-state index in [1.54, 1.807) is 0 Å². The number of unbranched alkanes of at least 4 members (excludes halogenated alkanes) is 21. The van der Waals surface area contributed by atoms with Gasteiger partial charge in [0.15, 0.2) is 12.4 Å². The number of rotatable bonds is 25. The maximum atomic E-state index is 2.37. The van der Waals surface area contributed by atoms with Crippen LogP contribution in [0.15, 0.2) is 24.5 Å². The van der Waals surface area contributed by atoms with E-state index in [1.165, 1.54) is 166 Å². The third-order valence-corrected chi connectivity index (χ3v) is 7.30. The normalized spacial score (nSPS) is 11.3. The standard InChI is InChI=1S/C32H60N/c1-3-5-7-9-11-12-13-14-15-16-17-18-19-20-21-22-24-26-32-27-30-33(31-28-32)29-25-23-10-8-6-4-2/h27-28,30-31H,3-26,29H2,1-2H3/q+1. The van der Waals surface area contributed by atoms with Crippen LogP contribution in [-0.2, 0) is 13.0 Å². The van der Waals surface area contributed by atoms with Crippen LogP contribution >= 0.6 is 0 Å². The molecule has 0 aliphatic rings. The Morgan fingerprint density at radius 2 is 0.758 bits per heavy atom. The Kier molecular flexibility index (Phi) is 22.2. The molecule has 0 fully saturated rings. The van der Waals surface area contributed by atoms with Crippen LogP contribution in [0.4, 0.5) is 0 Å². The summed E-state index contributed by atoms with van der Waals surface area (Å²) in [5.41, 5.74) is 1.52. The van der Waals surface area contributed by atoms with Crippen LogP contribution in [0.1, 0.15) is 167 Å². The second-order valence-electron chi connectivity index (χ2n) is 10.6. The highest BCUT2D eigenvalue weighted by Crippen LogP contribution is 2.14. The maximum absolute atomic E-state index is 2.37. The molecular weight excluding hydrogens is 398 g/mol. The average Bonchev–Trinajstić information content (AvgIpc) is 2.84. The highest BCUT2D eigenvalue weighted by Gasteiger charge is 2.02. The Bertz CT molecular complexity index is 492. The van der Waals surface area contributed by atoms with Gasteiger partial charge in [-0.1, -0.05) is 142 Å². The topological polar surface area (TPSA) is 3.88 Å². The number of pyridine rings is 1. The number of nitrogens with zero attached hydrogens (tertiary/aromatic N) is 1. The SMILES string of the molecule is CCCCCCCCCCCCCCCCCCCc1cc[n+](CCCCCCCC)cc1. The van der Waals surface area contributed by atoms with E-state index >= 15 is 0 Å². The largest absolute Gasteiger partial charge is 0.205 e. The van der Waals surface area contributed by atoms with Gasteiger partial charge in [-0.3, -0.25) is 0 Å². The van der Waals surface area contributed by atoms with E-state index < -0.39 is 0 Å². The van der Waals surface area contributed by atoms with Gasteiger partial charge < -0.3 is 0 Å². The van der Waals surface area contributed by atoms with Gasteiger partial charge in [-0.2, -0.15) is 0 Å². The van der Waals surface area contributed by atoms with E-state index in [1.807, 2.05) is 0 Å². The van der Waals surface area contributed by atoms with Crippen LogP contribution in [0.5, 0.6) is 0 Å². The van der Waals surface area contributed by atoms with Crippen LogP contribution in [-0.4, -0.2) is 0 Å². The predicted molar refractivity (Wildman–Crippen MR) is 148 cm³/mol. The van der Waals surface area contributed by atoms with Crippen LogP contribution in [0.2, 0.25) is 0 Å². The first kappa shape index (κ1) is 30.2. The molecule has 192 valence electrons. The average molecular weight is 459 g/mol. The zero-order valence-electron chi connectivity index (χ0n) is 22.9. The molecule has 1 rings (SSSR count). The Hall–Kier alpha value is -0.850. The minimum Gasteiger partial charge on any atom is -0.205 e. The summed E-state index contributed by atoms with van der Waals surface area (Å²) in [4.78, 5) is 0. The first-order valence-electron chi connectivity index (χ1n) is 15.3. The van der Waals surface area contributed by atoms with Gasteiger partial charge in [0, 0.05) is 18.6 Å². The number of hydrogen-bond acceptors (Lipinski definition) is 0. The van der Waals surface area contributed by atoms with Crippen LogP contribution in [0.25, 0.3) is 0 Å². The predicted octanol–water partition coefficient (Wildman–Crippen LogP) is 10.5. The number of aromatic nitrogens is 1. The molecule has 0 N–H and O–H groups in total. The minimum atomic E-state index is 1.19. The molecule has 0 aliphatic carbocycles. The van der Waals surface area contributed by atoms with Crippen molar-refractivity contribution in [2.24, 2.45) is 0 Å². The van der Waals surface area contributed by atoms with Crippen molar-refractivity contribution in [3.8, 4) is 0 Å². The monoisotopic (exact) mass is 458 g/mol. The van der Waals surface area contributed by atoms with Gasteiger partial charge in [0.25, 0.3) is 0 Å². The van der Waals surface area contributed by atoms with Crippen molar-refractivity contribution in [3.05, 3.63) is 30.1 Å². The van der Waals surface area contributed by atoms with Gasteiger partial charge in [0.05, 0.1) is 0 Å². The first-order chi connectivity index (χ1) is 16.4. The summed E-state index contributed by atoms with van der Waals surface area (Å²) in [6.07, 6.45) is 38.8. The lowest BCUT2D eigenvalue weighted by Crippen LogP contribution is -2.32. The molecule has 0 saturated heterocycles. The van der Waals surface area contributed by atoms with Crippen molar-refractivity contribution >= 4 is 0 Å². The van der Waals surface area contributed by atoms with Crippen molar-refractivity contribution < 1.29 is 4.57 Å². The summed E-state index contributed by atoms with van der Waals surface area (Å²) in [7, 11) is 0. The van der Waals surface area contributed by atoms with Gasteiger partial charge in [0.1, 0.15) is 6.54 Å². The van der Waals surface area contributed by atoms with Crippen molar-refractivity contribution in [2.75, 3.05) is 0 Å². The van der Waals surface area contributed by atoms with Crippen molar-refractivity contribution in [3.63, 3.8) is 0 Å². The molecule has 0 saturated carbocycles. The third-order valence-electron chi connectivity index (χ3n) is 7.30. The van der Waals surface area contributed by atoms with E-state index in [9.17, 15) is 0 Å². The highest BCUT2D eigenvalue weighted by atomic mass is 14.9.